The van der Waals surface area contributed by atoms with Crippen molar-refractivity contribution in [3.05, 3.63) is 120 Å². The molecule has 0 bridgehead atoms. The van der Waals surface area contributed by atoms with Gasteiger partial charge in [0.1, 0.15) is 22.7 Å². The summed E-state index contributed by atoms with van der Waals surface area (Å²) in [6.07, 6.45) is 0. The summed E-state index contributed by atoms with van der Waals surface area (Å²) in [5, 5.41) is 0. The van der Waals surface area contributed by atoms with Gasteiger partial charge in [-0.2, -0.15) is 8.75 Å². The fourth-order valence-electron chi connectivity index (χ4n) is 5.21. The quantitative estimate of drug-likeness (QED) is 0.176. The average molecular weight is 667 g/mol. The molecule has 0 atom stereocenters. The van der Waals surface area contributed by atoms with Crippen molar-refractivity contribution in [1.29, 1.82) is 0 Å². The molecule has 8 rings (SSSR count). The molecule has 0 amide bonds. The Hall–Kier alpha value is -3.86. The molecule has 5 aromatic heterocycles. The van der Waals surface area contributed by atoms with Gasteiger partial charge in [-0.1, -0.05) is 42.5 Å². The van der Waals surface area contributed by atoms with E-state index in [1.165, 1.54) is 17.8 Å². The van der Waals surface area contributed by atoms with Crippen LogP contribution in [0.2, 0.25) is 0 Å². The molecule has 44 heavy (non-hydrogen) atoms. The monoisotopic (exact) mass is 666 g/mol. The summed E-state index contributed by atoms with van der Waals surface area (Å²) in [7, 11) is 0. The Morgan fingerprint density at radius 1 is 0.432 bits per heavy atom. The topological polar surface area (TPSA) is 25.8 Å². The molecule has 0 fully saturated rings. The minimum Gasteiger partial charge on any atom is -0.206 e. The highest BCUT2D eigenvalue weighted by atomic mass is 32.1. The number of rotatable bonds is 6. The van der Waals surface area contributed by atoms with Crippen LogP contribution in [0.3, 0.4) is 0 Å². The first-order chi connectivity index (χ1) is 21.5. The maximum absolute atomic E-state index is 14.6. The number of aryl methyl sites for hydroxylation is 1. The van der Waals surface area contributed by atoms with Crippen molar-refractivity contribution in [2.75, 3.05) is 0 Å². The first-order valence-electron chi connectivity index (χ1n) is 13.7. The summed E-state index contributed by atoms with van der Waals surface area (Å²) in [6, 6.07) is 33.2. The molecule has 5 heterocycles. The molecule has 0 aliphatic rings. The summed E-state index contributed by atoms with van der Waals surface area (Å²) in [6.45, 7) is 1.90. The first kappa shape index (κ1) is 27.7. The second-order valence-electron chi connectivity index (χ2n) is 10.2. The van der Waals surface area contributed by atoms with Gasteiger partial charge in [-0.25, -0.2) is 8.78 Å². The third-order valence-corrected chi connectivity index (χ3v) is 12.8. The van der Waals surface area contributed by atoms with E-state index in [1.807, 2.05) is 43.3 Å². The zero-order valence-electron chi connectivity index (χ0n) is 23.0. The second-order valence-corrected chi connectivity index (χ2v) is 15.1. The molecule has 0 aliphatic heterocycles. The van der Waals surface area contributed by atoms with Crippen molar-refractivity contribution >= 4 is 68.1 Å². The van der Waals surface area contributed by atoms with E-state index in [1.54, 1.807) is 57.5 Å². The Kier molecular flexibility index (Phi) is 7.08. The molecule has 0 radical (unpaired) electrons. The highest BCUT2D eigenvalue weighted by Crippen LogP contribution is 2.45. The standard InChI is InChI=1S/C35H20F2N2S5/c1-19-6-7-21(25(37)18-19)27-11-15-31(41-27)33-17-13-29(43-33)23-9-8-22(34-35(23)39-44-38-34)28-12-16-32(42-28)30-14-10-26(40-30)20-4-2-3-5-24(20)36/h2-18H,1H3. The molecular formula is C35H20F2N2S5. The lowest BCUT2D eigenvalue weighted by atomic mass is 10.1. The minimum atomic E-state index is -0.207. The number of thiophene rings is 4. The molecule has 214 valence electrons. The lowest BCUT2D eigenvalue weighted by Gasteiger charge is -2.03. The fourth-order valence-corrected chi connectivity index (χ4v) is 10.1. The summed E-state index contributed by atoms with van der Waals surface area (Å²) < 4.78 is 38.4. The van der Waals surface area contributed by atoms with Crippen LogP contribution in [0.5, 0.6) is 0 Å². The number of nitrogens with zero attached hydrogens (tertiary/aromatic N) is 2. The highest BCUT2D eigenvalue weighted by Gasteiger charge is 2.18. The predicted octanol–water partition coefficient (Wildman–Crippen LogP) is 12.5. The van der Waals surface area contributed by atoms with Crippen LogP contribution in [0.25, 0.3) is 72.3 Å². The number of fused-ring (bicyclic) bond motifs is 1. The van der Waals surface area contributed by atoms with Gasteiger partial charge in [-0.05, 0) is 73.2 Å². The van der Waals surface area contributed by atoms with Gasteiger partial charge in [-0.15, -0.1) is 45.3 Å². The van der Waals surface area contributed by atoms with Crippen molar-refractivity contribution in [1.82, 2.24) is 8.75 Å². The van der Waals surface area contributed by atoms with E-state index < -0.39 is 0 Å². The van der Waals surface area contributed by atoms with Crippen LogP contribution >= 0.6 is 57.1 Å². The third kappa shape index (κ3) is 4.95. The summed E-state index contributed by atoms with van der Waals surface area (Å²) in [5.41, 5.74) is 6.07. The van der Waals surface area contributed by atoms with E-state index in [-0.39, 0.29) is 11.6 Å². The van der Waals surface area contributed by atoms with Gasteiger partial charge in [0.05, 0.1) is 11.7 Å². The van der Waals surface area contributed by atoms with Gasteiger partial charge in [0.25, 0.3) is 0 Å². The van der Waals surface area contributed by atoms with Gasteiger partial charge < -0.3 is 0 Å². The van der Waals surface area contributed by atoms with Gasteiger partial charge >= 0.3 is 0 Å². The smallest absolute Gasteiger partial charge is 0.132 e. The first-order valence-corrected chi connectivity index (χ1v) is 17.7. The molecular weight excluding hydrogens is 647 g/mol. The highest BCUT2D eigenvalue weighted by molar-refractivity contribution is 7.26. The predicted molar refractivity (Wildman–Crippen MR) is 186 cm³/mol. The third-order valence-electron chi connectivity index (χ3n) is 7.39. The molecule has 0 unspecified atom stereocenters. The maximum Gasteiger partial charge on any atom is 0.132 e. The van der Waals surface area contributed by atoms with Crippen LogP contribution in [-0.4, -0.2) is 8.75 Å². The molecule has 9 heteroatoms. The van der Waals surface area contributed by atoms with Crippen molar-refractivity contribution < 1.29 is 8.78 Å². The van der Waals surface area contributed by atoms with Crippen molar-refractivity contribution in [2.45, 2.75) is 6.92 Å². The number of halogens is 2. The molecule has 0 aliphatic carbocycles. The van der Waals surface area contributed by atoms with E-state index in [0.29, 0.717) is 11.1 Å². The molecule has 0 spiro atoms. The maximum atomic E-state index is 14.6. The van der Waals surface area contributed by atoms with E-state index in [0.717, 1.165) is 66.7 Å². The van der Waals surface area contributed by atoms with E-state index in [4.69, 9.17) is 8.75 Å². The van der Waals surface area contributed by atoms with Gasteiger partial charge in [-0.3, -0.25) is 0 Å². The lowest BCUT2D eigenvalue weighted by molar-refractivity contribution is 0.630. The molecule has 3 aromatic carbocycles. The lowest BCUT2D eigenvalue weighted by Crippen LogP contribution is -1.82. The Morgan fingerprint density at radius 2 is 0.841 bits per heavy atom. The van der Waals surface area contributed by atoms with Crippen LogP contribution in [0.15, 0.2) is 103 Å². The Bertz CT molecular complexity index is 2300. The van der Waals surface area contributed by atoms with Crippen molar-refractivity contribution in [3.63, 3.8) is 0 Å². The van der Waals surface area contributed by atoms with Crippen LogP contribution in [0.4, 0.5) is 8.78 Å². The normalized spacial score (nSPS) is 11.5. The molecule has 0 saturated heterocycles. The fraction of sp³-hybridized carbons (Fsp3) is 0.0286. The largest absolute Gasteiger partial charge is 0.206 e. The number of hydrogen-bond acceptors (Lipinski definition) is 7. The van der Waals surface area contributed by atoms with E-state index in [9.17, 15) is 8.78 Å². The van der Waals surface area contributed by atoms with Crippen LogP contribution in [-0.2, 0) is 0 Å². The van der Waals surface area contributed by atoms with Gasteiger partial charge in [0, 0.05) is 61.3 Å². The summed E-state index contributed by atoms with van der Waals surface area (Å²) in [5.74, 6) is -0.397. The minimum absolute atomic E-state index is 0.190. The van der Waals surface area contributed by atoms with Gasteiger partial charge in [0.15, 0.2) is 0 Å². The number of hydrogen-bond donors (Lipinski definition) is 0. The SMILES string of the molecule is Cc1ccc(-c2ccc(-c3ccc(-c4ccc(-c5ccc(-c6ccc(-c7ccccc7F)s6)s5)c5nsnc45)s3)s2)c(F)c1. The average Bonchev–Trinajstić information content (AvgIpc) is 3.86. The molecule has 8 aromatic rings. The van der Waals surface area contributed by atoms with E-state index >= 15 is 0 Å². The van der Waals surface area contributed by atoms with E-state index in [2.05, 4.69) is 48.5 Å². The second kappa shape index (κ2) is 11.3. The molecule has 0 saturated carbocycles. The number of aromatic nitrogens is 2. The van der Waals surface area contributed by atoms with Crippen molar-refractivity contribution in [3.8, 4) is 61.3 Å². The van der Waals surface area contributed by atoms with Crippen LogP contribution in [0, 0.1) is 18.6 Å². The Labute approximate surface area is 272 Å². The van der Waals surface area contributed by atoms with Gasteiger partial charge in [0.2, 0.25) is 0 Å². The van der Waals surface area contributed by atoms with Crippen molar-refractivity contribution in [2.24, 2.45) is 0 Å². The molecule has 2 nitrogen and oxygen atoms in total. The summed E-state index contributed by atoms with van der Waals surface area (Å²) >= 11 is 7.84. The zero-order valence-corrected chi connectivity index (χ0v) is 27.1. The Balaban J connectivity index is 1.09. The summed E-state index contributed by atoms with van der Waals surface area (Å²) in [4.78, 5) is 8.56. The van der Waals surface area contributed by atoms with Crippen LogP contribution in [0.1, 0.15) is 5.56 Å². The Morgan fingerprint density at radius 3 is 1.32 bits per heavy atom. The molecule has 0 N–H and O–H groups in total. The number of benzene rings is 3. The zero-order chi connectivity index (χ0) is 29.8. The van der Waals surface area contributed by atoms with Crippen LogP contribution < -0.4 is 0 Å².